The Morgan fingerprint density at radius 3 is 2.20 bits per heavy atom. The number of ether oxygens (including phenoxy) is 3. The Morgan fingerprint density at radius 1 is 0.863 bits per heavy atom. The second kappa shape index (κ2) is 17.6. The van der Waals surface area contributed by atoms with Crippen molar-refractivity contribution in [2.75, 3.05) is 31.7 Å². The topological polar surface area (TPSA) is 114 Å². The van der Waals surface area contributed by atoms with E-state index in [1.807, 2.05) is 61.5 Å². The van der Waals surface area contributed by atoms with Gasteiger partial charge in [-0.2, -0.15) is 0 Å². The second-order valence-electron chi connectivity index (χ2n) is 12.3. The summed E-state index contributed by atoms with van der Waals surface area (Å²) in [7, 11) is -1.48. The standard InChI is InChI=1S/C39H44BrN3O7S/c1-4-50-33-19-17-32(18-20-33)43(51(46,47)34-21-22-36(48-2)37(25-34)49-3)27-38(44)42(26-29-13-10-14-30(40)23-29)35(24-28-11-6-5-7-12-28)39(45)41-31-15-8-9-16-31/h5-7,10-14,17-23,25,31,35H,4,8-9,15-16,24,26-27H2,1-3H3,(H,41,45)/t35-/m1/s1. The van der Waals surface area contributed by atoms with Gasteiger partial charge in [-0.3, -0.25) is 13.9 Å². The first-order valence-electron chi connectivity index (χ1n) is 17.0. The number of nitrogens with one attached hydrogen (secondary N) is 1. The van der Waals surface area contributed by atoms with E-state index < -0.39 is 28.5 Å². The lowest BCUT2D eigenvalue weighted by Gasteiger charge is -2.34. The van der Waals surface area contributed by atoms with Gasteiger partial charge in [-0.05, 0) is 79.4 Å². The summed E-state index contributed by atoms with van der Waals surface area (Å²) >= 11 is 3.53. The van der Waals surface area contributed by atoms with Gasteiger partial charge in [-0.25, -0.2) is 8.42 Å². The molecule has 0 unspecified atom stereocenters. The molecule has 270 valence electrons. The number of hydrogen-bond acceptors (Lipinski definition) is 7. The van der Waals surface area contributed by atoms with E-state index in [1.165, 1.54) is 37.3 Å². The monoisotopic (exact) mass is 777 g/mol. The van der Waals surface area contributed by atoms with Crippen LogP contribution in [0.15, 0.2) is 106 Å². The Kier molecular flexibility index (Phi) is 13.0. The van der Waals surface area contributed by atoms with Crippen LogP contribution in [0.5, 0.6) is 17.2 Å². The fourth-order valence-corrected chi connectivity index (χ4v) is 8.14. The molecule has 5 rings (SSSR count). The molecule has 1 aliphatic carbocycles. The van der Waals surface area contributed by atoms with Crippen molar-refractivity contribution in [1.82, 2.24) is 10.2 Å². The van der Waals surface area contributed by atoms with Crippen molar-refractivity contribution >= 4 is 43.5 Å². The maximum absolute atomic E-state index is 14.8. The Bertz CT molecular complexity index is 1880. The summed E-state index contributed by atoms with van der Waals surface area (Å²) in [6.45, 7) is 1.78. The van der Waals surface area contributed by atoms with Crippen LogP contribution in [0, 0.1) is 0 Å². The lowest BCUT2D eigenvalue weighted by atomic mass is 10.0. The maximum Gasteiger partial charge on any atom is 0.264 e. The Morgan fingerprint density at radius 2 is 1.55 bits per heavy atom. The predicted octanol–water partition coefficient (Wildman–Crippen LogP) is 6.76. The number of amides is 2. The molecule has 4 aromatic rings. The van der Waals surface area contributed by atoms with Crippen molar-refractivity contribution < 1.29 is 32.2 Å². The molecule has 4 aromatic carbocycles. The highest BCUT2D eigenvalue weighted by molar-refractivity contribution is 9.10. The average molecular weight is 779 g/mol. The average Bonchev–Trinajstić information content (AvgIpc) is 3.65. The van der Waals surface area contributed by atoms with E-state index in [2.05, 4.69) is 21.2 Å². The van der Waals surface area contributed by atoms with Crippen molar-refractivity contribution in [2.24, 2.45) is 0 Å². The lowest BCUT2D eigenvalue weighted by molar-refractivity contribution is -0.140. The molecule has 1 N–H and O–H groups in total. The van der Waals surface area contributed by atoms with Crippen molar-refractivity contribution in [1.29, 1.82) is 0 Å². The third kappa shape index (κ3) is 9.62. The molecule has 2 amide bonds. The number of nitrogens with zero attached hydrogens (tertiary/aromatic N) is 2. The van der Waals surface area contributed by atoms with Crippen LogP contribution in [-0.2, 0) is 32.6 Å². The number of benzene rings is 4. The van der Waals surface area contributed by atoms with Gasteiger partial charge in [-0.1, -0.05) is 71.2 Å². The molecular weight excluding hydrogens is 734 g/mol. The van der Waals surface area contributed by atoms with Crippen LogP contribution in [0.1, 0.15) is 43.7 Å². The summed E-state index contributed by atoms with van der Waals surface area (Å²) in [6, 6.07) is 26.9. The Hall–Kier alpha value is -4.55. The SMILES string of the molecule is CCOc1ccc(N(CC(=O)N(Cc2cccc(Br)c2)[C@H](Cc2ccccc2)C(=O)NC2CCCC2)S(=O)(=O)c2ccc(OC)c(OC)c2)cc1. The lowest BCUT2D eigenvalue weighted by Crippen LogP contribution is -2.54. The summed E-state index contributed by atoms with van der Waals surface area (Å²) < 4.78 is 47.3. The van der Waals surface area contributed by atoms with E-state index in [0.29, 0.717) is 18.1 Å². The van der Waals surface area contributed by atoms with Gasteiger partial charge >= 0.3 is 0 Å². The summed E-state index contributed by atoms with van der Waals surface area (Å²) in [5.74, 6) is 0.315. The van der Waals surface area contributed by atoms with Gasteiger partial charge in [0.25, 0.3) is 10.0 Å². The van der Waals surface area contributed by atoms with E-state index in [9.17, 15) is 18.0 Å². The van der Waals surface area contributed by atoms with E-state index >= 15 is 0 Å². The zero-order valence-electron chi connectivity index (χ0n) is 29.1. The van der Waals surface area contributed by atoms with Crippen LogP contribution >= 0.6 is 15.9 Å². The zero-order chi connectivity index (χ0) is 36.4. The van der Waals surface area contributed by atoms with Gasteiger partial charge in [0, 0.05) is 29.5 Å². The highest BCUT2D eigenvalue weighted by Gasteiger charge is 2.36. The van der Waals surface area contributed by atoms with Gasteiger partial charge in [-0.15, -0.1) is 0 Å². The zero-order valence-corrected chi connectivity index (χ0v) is 31.5. The highest BCUT2D eigenvalue weighted by Crippen LogP contribution is 2.33. The minimum Gasteiger partial charge on any atom is -0.494 e. The first-order chi connectivity index (χ1) is 24.6. The number of carbonyl (C=O) groups excluding carboxylic acids is 2. The van der Waals surface area contributed by atoms with Crippen LogP contribution in [0.4, 0.5) is 5.69 Å². The van der Waals surface area contributed by atoms with Crippen LogP contribution in [0.25, 0.3) is 0 Å². The number of hydrogen-bond donors (Lipinski definition) is 1. The van der Waals surface area contributed by atoms with Crippen molar-refractivity contribution in [3.8, 4) is 17.2 Å². The molecule has 0 radical (unpaired) electrons. The van der Waals surface area contributed by atoms with Crippen molar-refractivity contribution in [3.63, 3.8) is 0 Å². The molecule has 1 aliphatic rings. The number of carbonyl (C=O) groups is 2. The smallest absolute Gasteiger partial charge is 0.264 e. The van der Waals surface area contributed by atoms with E-state index in [0.717, 1.165) is 45.6 Å². The van der Waals surface area contributed by atoms with Gasteiger partial charge < -0.3 is 24.4 Å². The molecule has 51 heavy (non-hydrogen) atoms. The summed E-state index contributed by atoms with van der Waals surface area (Å²) in [4.78, 5) is 30.5. The largest absolute Gasteiger partial charge is 0.494 e. The normalized spacial score (nSPS) is 13.6. The molecule has 0 aromatic heterocycles. The number of sulfonamides is 1. The molecule has 1 atom stereocenters. The molecule has 1 fully saturated rings. The first-order valence-corrected chi connectivity index (χ1v) is 19.2. The fraction of sp³-hybridized carbons (Fsp3) is 0.333. The van der Waals surface area contributed by atoms with Crippen LogP contribution in [0.2, 0.25) is 0 Å². The molecule has 12 heteroatoms. The van der Waals surface area contributed by atoms with Gasteiger partial charge in [0.15, 0.2) is 11.5 Å². The van der Waals surface area contributed by atoms with Crippen molar-refractivity contribution in [2.45, 2.75) is 62.6 Å². The molecular formula is C39H44BrN3O7S. The fourth-order valence-electron chi connectivity index (χ4n) is 6.26. The van der Waals surface area contributed by atoms with Crippen LogP contribution in [-0.4, -0.2) is 64.6 Å². The third-order valence-electron chi connectivity index (χ3n) is 8.87. The Balaban J connectivity index is 1.59. The van der Waals surface area contributed by atoms with Gasteiger partial charge in [0.2, 0.25) is 11.8 Å². The molecule has 0 heterocycles. The number of halogens is 1. The second-order valence-corrected chi connectivity index (χ2v) is 15.1. The van der Waals surface area contributed by atoms with Crippen LogP contribution in [0.3, 0.4) is 0 Å². The van der Waals surface area contributed by atoms with Gasteiger partial charge in [0.1, 0.15) is 18.3 Å². The molecule has 0 aliphatic heterocycles. The first kappa shape index (κ1) is 37.7. The summed E-state index contributed by atoms with van der Waals surface area (Å²) in [5, 5.41) is 3.20. The highest BCUT2D eigenvalue weighted by atomic mass is 79.9. The minimum absolute atomic E-state index is 0.0179. The Labute approximate surface area is 308 Å². The molecule has 0 spiro atoms. The number of anilines is 1. The third-order valence-corrected chi connectivity index (χ3v) is 11.1. The number of methoxy groups -OCH3 is 2. The van der Waals surface area contributed by atoms with Crippen LogP contribution < -0.4 is 23.8 Å². The quantitative estimate of drug-likeness (QED) is 0.134. The minimum atomic E-state index is -4.37. The van der Waals surface area contributed by atoms with Crippen molar-refractivity contribution in [3.05, 3.63) is 113 Å². The summed E-state index contributed by atoms with van der Waals surface area (Å²) in [5.41, 5.74) is 1.90. The number of rotatable bonds is 16. The molecule has 10 nitrogen and oxygen atoms in total. The molecule has 1 saturated carbocycles. The summed E-state index contributed by atoms with van der Waals surface area (Å²) in [6.07, 6.45) is 4.04. The maximum atomic E-state index is 14.8. The van der Waals surface area contributed by atoms with E-state index in [1.54, 1.807) is 24.3 Å². The van der Waals surface area contributed by atoms with E-state index in [4.69, 9.17) is 14.2 Å². The predicted molar refractivity (Wildman–Crippen MR) is 201 cm³/mol. The molecule has 0 bridgehead atoms. The molecule has 0 saturated heterocycles. The van der Waals surface area contributed by atoms with E-state index in [-0.39, 0.29) is 41.2 Å². The van der Waals surface area contributed by atoms with Gasteiger partial charge in [0.05, 0.1) is 31.4 Å².